The fourth-order valence-electron chi connectivity index (χ4n) is 4.20. The van der Waals surface area contributed by atoms with Gasteiger partial charge in [0.25, 0.3) is 15.9 Å². The molecule has 11 nitrogen and oxygen atoms in total. The largest absolute Gasteiger partial charge is 0.367 e. The van der Waals surface area contributed by atoms with Crippen molar-refractivity contribution in [3.8, 4) is 0 Å². The highest BCUT2D eigenvalue weighted by Crippen LogP contribution is 2.31. The second kappa shape index (κ2) is 9.27. The van der Waals surface area contributed by atoms with Crippen molar-refractivity contribution < 1.29 is 13.2 Å². The van der Waals surface area contributed by atoms with Crippen molar-refractivity contribution in [2.24, 2.45) is 12.8 Å². The minimum absolute atomic E-state index is 0.0930. The van der Waals surface area contributed by atoms with E-state index in [0.29, 0.717) is 30.9 Å². The third kappa shape index (κ3) is 5.13. The number of nitrogens with one attached hydrogen (secondary N) is 2. The number of rotatable bonds is 8. The summed E-state index contributed by atoms with van der Waals surface area (Å²) in [6.07, 6.45) is 8.03. The van der Waals surface area contributed by atoms with Crippen LogP contribution in [0.1, 0.15) is 47.5 Å². The van der Waals surface area contributed by atoms with Crippen LogP contribution in [0.25, 0.3) is 0 Å². The topological polar surface area (TPSA) is 148 Å². The van der Waals surface area contributed by atoms with Gasteiger partial charge in [-0.1, -0.05) is 12.1 Å². The van der Waals surface area contributed by atoms with Crippen molar-refractivity contribution in [3.63, 3.8) is 0 Å². The van der Waals surface area contributed by atoms with E-state index in [4.69, 9.17) is 5.73 Å². The van der Waals surface area contributed by atoms with Gasteiger partial charge in [0.15, 0.2) is 5.03 Å². The molecule has 35 heavy (non-hydrogen) atoms. The Hall–Kier alpha value is -3.51. The Morgan fingerprint density at radius 1 is 1.09 bits per heavy atom. The first-order valence-electron chi connectivity index (χ1n) is 11.6. The monoisotopic (exact) mass is 496 g/mol. The first-order valence-corrected chi connectivity index (χ1v) is 13.0. The van der Waals surface area contributed by atoms with Crippen LogP contribution in [0.15, 0.2) is 48.0 Å². The van der Waals surface area contributed by atoms with E-state index < -0.39 is 15.9 Å². The lowest BCUT2D eigenvalue weighted by Crippen LogP contribution is -2.38. The number of primary amides is 1. The van der Waals surface area contributed by atoms with Gasteiger partial charge in [0.1, 0.15) is 5.82 Å². The van der Waals surface area contributed by atoms with Gasteiger partial charge in [0, 0.05) is 44.3 Å². The number of sulfonamides is 1. The molecule has 1 saturated heterocycles. The number of nitrogens with zero attached hydrogens (tertiary/aromatic N) is 5. The molecule has 0 radical (unpaired) electrons. The second-order valence-corrected chi connectivity index (χ2v) is 10.9. The number of anilines is 3. The Kier molecular flexibility index (Phi) is 6.15. The Morgan fingerprint density at radius 2 is 1.80 bits per heavy atom. The first kappa shape index (κ1) is 23.2. The van der Waals surface area contributed by atoms with E-state index in [1.807, 2.05) is 24.3 Å². The Morgan fingerprint density at radius 3 is 2.40 bits per heavy atom. The number of hydrogen-bond acceptors (Lipinski definition) is 8. The number of aromatic nitrogens is 4. The molecule has 0 bridgehead atoms. The van der Waals surface area contributed by atoms with Gasteiger partial charge >= 0.3 is 0 Å². The van der Waals surface area contributed by atoms with Gasteiger partial charge in [-0.3, -0.25) is 4.79 Å². The van der Waals surface area contributed by atoms with Crippen molar-refractivity contribution in [1.29, 1.82) is 0 Å². The predicted octanol–water partition coefficient (Wildman–Crippen LogP) is 2.20. The van der Waals surface area contributed by atoms with Crippen LogP contribution >= 0.6 is 0 Å². The standard InChI is InChI=1S/C23H28N8O3S/c1-30-13-20(26-14-30)35(33,34)31-10-8-16(9-11-31)15-2-4-18(5-3-15)28-23-25-12-19(21(24)32)22(29-23)27-17-6-7-17/h2-5,12-14,16-17H,6-11H2,1H3,(H2,24,32)(H2,25,27,28,29). The van der Waals surface area contributed by atoms with Crippen molar-refractivity contribution in [2.75, 3.05) is 23.7 Å². The summed E-state index contributed by atoms with van der Waals surface area (Å²) in [5.41, 5.74) is 7.69. The SMILES string of the molecule is Cn1cnc(S(=O)(=O)N2CCC(c3ccc(Nc4ncc(C(N)=O)c(NC5CC5)n4)cc3)CC2)c1. The van der Waals surface area contributed by atoms with Crippen molar-refractivity contribution in [1.82, 2.24) is 23.8 Å². The third-order valence-electron chi connectivity index (χ3n) is 6.35. The third-order valence-corrected chi connectivity index (χ3v) is 8.13. The van der Waals surface area contributed by atoms with E-state index in [9.17, 15) is 13.2 Å². The average molecular weight is 497 g/mol. The van der Waals surface area contributed by atoms with Crippen LogP contribution in [-0.4, -0.2) is 57.3 Å². The summed E-state index contributed by atoms with van der Waals surface area (Å²) >= 11 is 0. The molecule has 1 aliphatic heterocycles. The maximum absolute atomic E-state index is 12.8. The van der Waals surface area contributed by atoms with Gasteiger partial charge in [-0.05, 0) is 49.3 Å². The number of aryl methyl sites for hydroxylation is 1. The lowest BCUT2D eigenvalue weighted by atomic mass is 9.90. The quantitative estimate of drug-likeness (QED) is 0.430. The number of piperidine rings is 1. The molecule has 0 spiro atoms. The Bertz CT molecular complexity index is 1330. The minimum Gasteiger partial charge on any atom is -0.367 e. The Labute approximate surface area is 203 Å². The van der Waals surface area contributed by atoms with Crippen molar-refractivity contribution in [3.05, 3.63) is 54.1 Å². The number of amides is 1. The summed E-state index contributed by atoms with van der Waals surface area (Å²) in [4.78, 5) is 24.3. The highest BCUT2D eigenvalue weighted by atomic mass is 32.2. The molecule has 3 aromatic rings. The van der Waals surface area contributed by atoms with Gasteiger partial charge in [-0.15, -0.1) is 0 Å². The fraction of sp³-hybridized carbons (Fsp3) is 0.391. The highest BCUT2D eigenvalue weighted by molar-refractivity contribution is 7.89. The molecule has 3 heterocycles. The van der Waals surface area contributed by atoms with Crippen LogP contribution in [0.4, 0.5) is 17.5 Å². The summed E-state index contributed by atoms with van der Waals surface area (Å²) in [5.74, 6) is 0.531. The van der Waals surface area contributed by atoms with E-state index in [2.05, 4.69) is 25.6 Å². The maximum atomic E-state index is 12.8. The van der Waals surface area contributed by atoms with Crippen LogP contribution in [0.3, 0.4) is 0 Å². The van der Waals surface area contributed by atoms with E-state index in [-0.39, 0.29) is 16.5 Å². The zero-order valence-corrected chi connectivity index (χ0v) is 20.2. The minimum atomic E-state index is -3.56. The second-order valence-electron chi connectivity index (χ2n) is 9.04. The van der Waals surface area contributed by atoms with Crippen molar-refractivity contribution >= 4 is 33.4 Å². The molecule has 0 unspecified atom stereocenters. The zero-order chi connectivity index (χ0) is 24.6. The first-order chi connectivity index (χ1) is 16.8. The van der Waals surface area contributed by atoms with E-state index >= 15 is 0 Å². The summed E-state index contributed by atoms with van der Waals surface area (Å²) in [7, 11) is -1.81. The zero-order valence-electron chi connectivity index (χ0n) is 19.4. The number of nitrogens with two attached hydrogens (primary N) is 1. The number of carbonyl (C=O) groups is 1. The van der Waals surface area contributed by atoms with Crippen LogP contribution in [-0.2, 0) is 17.1 Å². The summed E-state index contributed by atoms with van der Waals surface area (Å²) in [6.45, 7) is 0.917. The van der Waals surface area contributed by atoms with Crippen LogP contribution < -0.4 is 16.4 Å². The molecule has 12 heteroatoms. The molecule has 5 rings (SSSR count). The molecule has 2 aromatic heterocycles. The van der Waals surface area contributed by atoms with Gasteiger partial charge < -0.3 is 20.9 Å². The van der Waals surface area contributed by atoms with Gasteiger partial charge in [-0.25, -0.2) is 18.4 Å². The molecule has 1 amide bonds. The molecule has 184 valence electrons. The normalized spacial score (nSPS) is 17.3. The summed E-state index contributed by atoms with van der Waals surface area (Å²) in [6, 6.07) is 8.30. The van der Waals surface area contributed by atoms with Gasteiger partial charge in [-0.2, -0.15) is 9.29 Å². The van der Waals surface area contributed by atoms with E-state index in [1.54, 1.807) is 11.6 Å². The van der Waals surface area contributed by atoms with Crippen LogP contribution in [0, 0.1) is 0 Å². The molecule has 0 atom stereocenters. The van der Waals surface area contributed by atoms with Crippen LogP contribution in [0.5, 0.6) is 0 Å². The lowest BCUT2D eigenvalue weighted by Gasteiger charge is -2.31. The number of carbonyl (C=O) groups excluding carboxylic acids is 1. The predicted molar refractivity (Wildman–Crippen MR) is 131 cm³/mol. The maximum Gasteiger partial charge on any atom is 0.262 e. The smallest absolute Gasteiger partial charge is 0.262 e. The molecule has 1 aliphatic carbocycles. The summed E-state index contributed by atoms with van der Waals surface area (Å²) in [5, 5.41) is 6.49. The Balaban J connectivity index is 1.22. The fourth-order valence-corrected chi connectivity index (χ4v) is 5.64. The van der Waals surface area contributed by atoms with E-state index in [1.165, 1.54) is 23.0 Å². The number of hydrogen-bond donors (Lipinski definition) is 3. The summed E-state index contributed by atoms with van der Waals surface area (Å²) < 4.78 is 28.8. The molecular weight excluding hydrogens is 468 g/mol. The molecule has 2 fully saturated rings. The van der Waals surface area contributed by atoms with Gasteiger partial charge in [0.2, 0.25) is 5.95 Å². The molecular formula is C23H28N8O3S. The van der Waals surface area contributed by atoms with Gasteiger partial charge in [0.05, 0.1) is 11.9 Å². The van der Waals surface area contributed by atoms with Crippen LogP contribution in [0.2, 0.25) is 0 Å². The van der Waals surface area contributed by atoms with Crippen molar-refractivity contribution in [2.45, 2.75) is 42.7 Å². The number of imidazole rings is 1. The molecule has 4 N–H and O–H groups in total. The molecule has 2 aliphatic rings. The molecule has 1 saturated carbocycles. The highest BCUT2D eigenvalue weighted by Gasteiger charge is 2.31. The van der Waals surface area contributed by atoms with E-state index in [0.717, 1.165) is 36.9 Å². The molecule has 1 aromatic carbocycles. The average Bonchev–Trinajstić information content (AvgIpc) is 3.55. The lowest BCUT2D eigenvalue weighted by molar-refractivity contribution is 0.100. The number of benzene rings is 1.